The maximum absolute atomic E-state index is 12.9. The largest absolute Gasteiger partial charge is 0.350 e. The first-order chi connectivity index (χ1) is 13.8. The second-order valence-electron chi connectivity index (χ2n) is 7.30. The van der Waals surface area contributed by atoms with Crippen LogP contribution in [0.4, 0.5) is 0 Å². The molecule has 156 valence electrons. The molecular weight excluding hydrogens is 414 g/mol. The first kappa shape index (κ1) is 21.5. The van der Waals surface area contributed by atoms with Gasteiger partial charge in [0.1, 0.15) is 11.4 Å². The van der Waals surface area contributed by atoms with Gasteiger partial charge in [0.05, 0.1) is 0 Å². The van der Waals surface area contributed by atoms with Crippen molar-refractivity contribution < 1.29 is 13.2 Å². The predicted octanol–water partition coefficient (Wildman–Crippen LogP) is 2.24. The van der Waals surface area contributed by atoms with Crippen LogP contribution >= 0.6 is 11.6 Å². The maximum Gasteiger partial charge on any atom is 0.271 e. The van der Waals surface area contributed by atoms with Gasteiger partial charge in [-0.1, -0.05) is 30.7 Å². The van der Waals surface area contributed by atoms with Gasteiger partial charge in [-0.15, -0.1) is 0 Å². The van der Waals surface area contributed by atoms with Crippen LogP contribution < -0.4 is 10.9 Å². The molecule has 1 amide bonds. The molecule has 1 aromatic heterocycles. The summed E-state index contributed by atoms with van der Waals surface area (Å²) in [6.45, 7) is 2.92. The first-order valence-electron chi connectivity index (χ1n) is 9.48. The number of nitrogens with one attached hydrogen (secondary N) is 1. The standard InChI is InChI=1S/C20H24ClN3O4S/c1-15-8-11-24(12-9-15)29(27,28)18-3-2-10-23(20(18)26)14-19(25)22-13-16-4-6-17(21)7-5-16/h2-7,10,15H,8-9,11-14H2,1H3,(H,22,25). The Hall–Kier alpha value is -2.16. The summed E-state index contributed by atoms with van der Waals surface area (Å²) in [5.74, 6) is 0.0848. The highest BCUT2D eigenvalue weighted by atomic mass is 35.5. The summed E-state index contributed by atoms with van der Waals surface area (Å²) in [6, 6.07) is 9.82. The van der Waals surface area contributed by atoms with Crippen LogP contribution in [0.5, 0.6) is 0 Å². The minimum atomic E-state index is -3.88. The maximum atomic E-state index is 12.9. The number of hydrogen-bond acceptors (Lipinski definition) is 4. The molecule has 1 N–H and O–H groups in total. The van der Waals surface area contributed by atoms with Gasteiger partial charge in [-0.2, -0.15) is 4.31 Å². The summed E-state index contributed by atoms with van der Waals surface area (Å²) in [7, 11) is -3.88. The van der Waals surface area contributed by atoms with Crippen LogP contribution in [-0.4, -0.2) is 36.3 Å². The number of rotatable bonds is 6. The smallest absolute Gasteiger partial charge is 0.271 e. The number of nitrogens with zero attached hydrogens (tertiary/aromatic N) is 2. The fraction of sp³-hybridized carbons (Fsp3) is 0.400. The highest BCUT2D eigenvalue weighted by Gasteiger charge is 2.30. The van der Waals surface area contributed by atoms with Gasteiger partial charge in [-0.05, 0) is 48.6 Å². The van der Waals surface area contributed by atoms with E-state index in [4.69, 9.17) is 11.6 Å². The zero-order valence-corrected chi connectivity index (χ0v) is 17.7. The van der Waals surface area contributed by atoms with Gasteiger partial charge >= 0.3 is 0 Å². The average Bonchev–Trinajstić information content (AvgIpc) is 2.69. The zero-order chi connectivity index (χ0) is 21.0. The van der Waals surface area contributed by atoms with Crippen LogP contribution in [0.25, 0.3) is 0 Å². The van der Waals surface area contributed by atoms with E-state index in [-0.39, 0.29) is 23.9 Å². The summed E-state index contributed by atoms with van der Waals surface area (Å²) in [4.78, 5) is 24.7. The molecule has 0 saturated carbocycles. The fourth-order valence-electron chi connectivity index (χ4n) is 3.21. The summed E-state index contributed by atoms with van der Waals surface area (Å²) in [6.07, 6.45) is 2.96. The molecule has 9 heteroatoms. The third-order valence-corrected chi connectivity index (χ3v) is 7.23. The van der Waals surface area contributed by atoms with Crippen molar-refractivity contribution in [2.45, 2.75) is 37.8 Å². The molecule has 2 heterocycles. The van der Waals surface area contributed by atoms with Gasteiger partial charge in [-0.3, -0.25) is 9.59 Å². The Bertz CT molecular complexity index is 1030. The molecular formula is C20H24ClN3O4S. The van der Waals surface area contributed by atoms with E-state index in [2.05, 4.69) is 12.2 Å². The van der Waals surface area contributed by atoms with E-state index in [0.29, 0.717) is 24.0 Å². The molecule has 1 aliphatic heterocycles. The number of sulfonamides is 1. The highest BCUT2D eigenvalue weighted by Crippen LogP contribution is 2.21. The summed E-state index contributed by atoms with van der Waals surface area (Å²) in [5.41, 5.74) is 0.179. The molecule has 0 radical (unpaired) electrons. The number of aromatic nitrogens is 1. The molecule has 0 atom stereocenters. The van der Waals surface area contributed by atoms with Crippen LogP contribution in [0.15, 0.2) is 52.3 Å². The normalized spacial score (nSPS) is 15.9. The molecule has 0 aliphatic carbocycles. The van der Waals surface area contributed by atoms with Crippen molar-refractivity contribution in [1.29, 1.82) is 0 Å². The Morgan fingerprint density at radius 2 is 1.83 bits per heavy atom. The molecule has 1 aromatic carbocycles. The predicted molar refractivity (Wildman–Crippen MR) is 111 cm³/mol. The number of hydrogen-bond donors (Lipinski definition) is 1. The van der Waals surface area contributed by atoms with Crippen molar-refractivity contribution in [3.05, 3.63) is 63.5 Å². The molecule has 1 saturated heterocycles. The van der Waals surface area contributed by atoms with E-state index in [1.807, 2.05) is 0 Å². The van der Waals surface area contributed by atoms with Gasteiger partial charge in [0.2, 0.25) is 15.9 Å². The Kier molecular flexibility index (Phi) is 6.77. The number of piperidine rings is 1. The third kappa shape index (κ3) is 5.26. The van der Waals surface area contributed by atoms with Crippen LogP contribution in [0.1, 0.15) is 25.3 Å². The summed E-state index contributed by atoms with van der Waals surface area (Å²) < 4.78 is 28.3. The Morgan fingerprint density at radius 1 is 1.17 bits per heavy atom. The molecule has 0 unspecified atom stereocenters. The minimum absolute atomic E-state index is 0.257. The number of halogens is 1. The topological polar surface area (TPSA) is 88.5 Å². The van der Waals surface area contributed by atoms with Gasteiger partial charge in [0.25, 0.3) is 5.56 Å². The lowest BCUT2D eigenvalue weighted by molar-refractivity contribution is -0.121. The van der Waals surface area contributed by atoms with Crippen molar-refractivity contribution in [3.8, 4) is 0 Å². The zero-order valence-electron chi connectivity index (χ0n) is 16.2. The quantitative estimate of drug-likeness (QED) is 0.750. The molecule has 7 nitrogen and oxygen atoms in total. The van der Waals surface area contributed by atoms with Crippen molar-refractivity contribution >= 4 is 27.5 Å². The summed E-state index contributed by atoms with van der Waals surface area (Å²) in [5, 5.41) is 3.32. The molecule has 0 bridgehead atoms. The highest BCUT2D eigenvalue weighted by molar-refractivity contribution is 7.89. The van der Waals surface area contributed by atoms with E-state index in [1.165, 1.54) is 22.6 Å². The molecule has 3 rings (SSSR count). The van der Waals surface area contributed by atoms with Crippen LogP contribution in [-0.2, 0) is 27.9 Å². The number of amides is 1. The van der Waals surface area contributed by atoms with E-state index in [1.54, 1.807) is 24.3 Å². The van der Waals surface area contributed by atoms with Crippen molar-refractivity contribution in [3.63, 3.8) is 0 Å². The molecule has 1 fully saturated rings. The van der Waals surface area contributed by atoms with Gasteiger partial charge in [-0.25, -0.2) is 8.42 Å². The van der Waals surface area contributed by atoms with Crippen LogP contribution in [0.3, 0.4) is 0 Å². The average molecular weight is 438 g/mol. The summed E-state index contributed by atoms with van der Waals surface area (Å²) >= 11 is 5.84. The SMILES string of the molecule is CC1CCN(S(=O)(=O)c2cccn(CC(=O)NCc3ccc(Cl)cc3)c2=O)CC1. The van der Waals surface area contributed by atoms with Gasteiger partial charge < -0.3 is 9.88 Å². The van der Waals surface area contributed by atoms with E-state index in [0.717, 1.165) is 23.0 Å². The number of pyridine rings is 1. The Morgan fingerprint density at radius 3 is 2.48 bits per heavy atom. The lowest BCUT2D eigenvalue weighted by Gasteiger charge is -2.29. The molecule has 1 aliphatic rings. The lowest BCUT2D eigenvalue weighted by atomic mass is 10.0. The monoisotopic (exact) mass is 437 g/mol. The van der Waals surface area contributed by atoms with Crippen LogP contribution in [0.2, 0.25) is 5.02 Å². The Labute approximate surface area is 175 Å². The first-order valence-corrected chi connectivity index (χ1v) is 11.3. The van der Waals surface area contributed by atoms with E-state index < -0.39 is 15.6 Å². The van der Waals surface area contributed by atoms with E-state index in [9.17, 15) is 18.0 Å². The molecule has 2 aromatic rings. The van der Waals surface area contributed by atoms with Crippen molar-refractivity contribution in [2.24, 2.45) is 5.92 Å². The second-order valence-corrected chi connectivity index (χ2v) is 9.64. The third-order valence-electron chi connectivity index (χ3n) is 5.06. The Balaban J connectivity index is 1.70. The lowest BCUT2D eigenvalue weighted by Crippen LogP contribution is -2.41. The number of benzene rings is 1. The van der Waals surface area contributed by atoms with Crippen molar-refractivity contribution in [1.82, 2.24) is 14.2 Å². The van der Waals surface area contributed by atoms with Gasteiger partial charge in [0, 0.05) is 30.9 Å². The molecule has 29 heavy (non-hydrogen) atoms. The minimum Gasteiger partial charge on any atom is -0.350 e. The number of carbonyl (C=O) groups is 1. The molecule has 0 spiro atoms. The van der Waals surface area contributed by atoms with Gasteiger partial charge in [0.15, 0.2) is 0 Å². The second kappa shape index (κ2) is 9.11. The number of carbonyl (C=O) groups excluding carboxylic acids is 1. The fourth-order valence-corrected chi connectivity index (χ4v) is 4.90. The van der Waals surface area contributed by atoms with Crippen LogP contribution in [0, 0.1) is 5.92 Å². The van der Waals surface area contributed by atoms with Crippen molar-refractivity contribution in [2.75, 3.05) is 13.1 Å². The van der Waals surface area contributed by atoms with E-state index >= 15 is 0 Å².